The van der Waals surface area contributed by atoms with E-state index in [0.717, 1.165) is 38.3 Å². The molecular weight excluding hydrogens is 406 g/mol. The summed E-state index contributed by atoms with van der Waals surface area (Å²) in [7, 11) is 0. The second kappa shape index (κ2) is 8.35. The third kappa shape index (κ3) is 3.72. The Morgan fingerprint density at radius 1 is 1.03 bits per heavy atom. The summed E-state index contributed by atoms with van der Waals surface area (Å²) >= 11 is 1.48. The van der Waals surface area contributed by atoms with Gasteiger partial charge in [-0.05, 0) is 42.3 Å². The highest BCUT2D eigenvalue weighted by atomic mass is 32.2. The van der Waals surface area contributed by atoms with E-state index in [1.165, 1.54) is 11.8 Å². The van der Waals surface area contributed by atoms with Crippen molar-refractivity contribution >= 4 is 45.3 Å². The van der Waals surface area contributed by atoms with Gasteiger partial charge in [-0.3, -0.25) is 14.2 Å². The minimum Gasteiger partial charge on any atom is -0.351 e. The third-order valence-electron chi connectivity index (χ3n) is 5.21. The molecule has 0 unspecified atom stereocenters. The Bertz CT molecular complexity index is 1380. The molecule has 1 atom stereocenters. The van der Waals surface area contributed by atoms with E-state index < -0.39 is 0 Å². The van der Waals surface area contributed by atoms with Crippen LogP contribution in [0.4, 0.5) is 0 Å². The van der Waals surface area contributed by atoms with Crippen LogP contribution in [0.3, 0.4) is 0 Å². The average Bonchev–Trinajstić information content (AvgIpc) is 3.22. The number of para-hydroxylation sites is 3. The number of imidazole rings is 1. The predicted molar refractivity (Wildman–Crippen MR) is 124 cm³/mol. The molecule has 0 bridgehead atoms. The summed E-state index contributed by atoms with van der Waals surface area (Å²) in [5.74, 6) is -0.0103. The molecule has 0 aliphatic heterocycles. The van der Waals surface area contributed by atoms with Gasteiger partial charge in [0.05, 0.1) is 21.8 Å². The summed E-state index contributed by atoms with van der Waals surface area (Å²) in [4.78, 5) is 26.8. The average molecular weight is 428 g/mol. The summed E-state index contributed by atoms with van der Waals surface area (Å²) in [6.07, 6.45) is 4.18. The Morgan fingerprint density at radius 2 is 1.84 bits per heavy atom. The van der Waals surface area contributed by atoms with Crippen molar-refractivity contribution in [2.75, 3.05) is 0 Å². The molecule has 5 aromatic rings. The van der Waals surface area contributed by atoms with Crippen LogP contribution in [0.1, 0.15) is 18.9 Å². The Kier molecular flexibility index (Phi) is 5.26. The number of thioether (sulfide) groups is 1. The summed E-state index contributed by atoms with van der Waals surface area (Å²) in [5.41, 5.74) is 4.61. The third-order valence-corrected chi connectivity index (χ3v) is 6.53. The Balaban J connectivity index is 1.52. The normalized spacial score (nSPS) is 12.4. The van der Waals surface area contributed by atoms with Gasteiger partial charge in [0.25, 0.3) is 0 Å². The molecule has 31 heavy (non-hydrogen) atoms. The van der Waals surface area contributed by atoms with E-state index >= 15 is 0 Å². The van der Waals surface area contributed by atoms with Crippen LogP contribution in [-0.4, -0.2) is 30.5 Å². The summed E-state index contributed by atoms with van der Waals surface area (Å²) in [6.45, 7) is 2.48. The molecule has 154 valence electrons. The molecule has 0 saturated carbocycles. The van der Waals surface area contributed by atoms with Crippen LogP contribution in [0.2, 0.25) is 0 Å². The lowest BCUT2D eigenvalue weighted by Gasteiger charge is -2.16. The summed E-state index contributed by atoms with van der Waals surface area (Å²) in [5, 5.41) is 4.53. The quantitative estimate of drug-likeness (QED) is 0.316. The first-order valence-electron chi connectivity index (χ1n) is 10.2. The number of benzene rings is 2. The highest BCUT2D eigenvalue weighted by molar-refractivity contribution is 8.00. The maximum absolute atomic E-state index is 12.9. The first kappa shape index (κ1) is 19.5. The number of carbonyl (C=O) groups excluding carboxylic acids is 1. The Hall–Kier alpha value is -3.45. The van der Waals surface area contributed by atoms with E-state index in [9.17, 15) is 4.79 Å². The molecule has 0 fully saturated rings. The predicted octanol–water partition coefficient (Wildman–Crippen LogP) is 4.62. The molecular formula is C24H21N5OS. The minimum absolute atomic E-state index is 0.0103. The Labute approximate surface area is 183 Å². The van der Waals surface area contributed by atoms with Crippen molar-refractivity contribution in [3.8, 4) is 0 Å². The van der Waals surface area contributed by atoms with Gasteiger partial charge < -0.3 is 5.32 Å². The summed E-state index contributed by atoms with van der Waals surface area (Å²) < 4.78 is 2.07. The van der Waals surface area contributed by atoms with E-state index in [0.29, 0.717) is 13.0 Å². The van der Waals surface area contributed by atoms with Crippen molar-refractivity contribution < 1.29 is 4.79 Å². The number of hydrogen-bond acceptors (Lipinski definition) is 5. The fourth-order valence-electron chi connectivity index (χ4n) is 3.65. The van der Waals surface area contributed by atoms with Gasteiger partial charge in [0.2, 0.25) is 5.91 Å². The first-order valence-corrected chi connectivity index (χ1v) is 11.1. The molecule has 6 nitrogen and oxygen atoms in total. The van der Waals surface area contributed by atoms with Crippen LogP contribution in [0.15, 0.2) is 78.2 Å². The van der Waals surface area contributed by atoms with Crippen LogP contribution >= 0.6 is 11.8 Å². The maximum atomic E-state index is 12.9. The smallest absolute Gasteiger partial charge is 0.233 e. The van der Waals surface area contributed by atoms with Gasteiger partial charge in [0.15, 0.2) is 5.16 Å². The van der Waals surface area contributed by atoms with Crippen molar-refractivity contribution in [1.82, 2.24) is 24.7 Å². The van der Waals surface area contributed by atoms with Crippen LogP contribution in [0.25, 0.3) is 27.6 Å². The van der Waals surface area contributed by atoms with Crippen LogP contribution in [0, 0.1) is 0 Å². The van der Waals surface area contributed by atoms with Gasteiger partial charge in [0, 0.05) is 24.3 Å². The van der Waals surface area contributed by atoms with Crippen molar-refractivity contribution in [2.45, 2.75) is 30.3 Å². The van der Waals surface area contributed by atoms with Crippen LogP contribution < -0.4 is 5.32 Å². The number of pyridine rings is 1. The molecule has 0 radical (unpaired) electrons. The number of aromatic nitrogens is 4. The van der Waals surface area contributed by atoms with Gasteiger partial charge >= 0.3 is 0 Å². The SMILES string of the molecule is CC[C@@H](Sc1nc2ccccc2c2nc3ccccc3n12)C(=O)NCc1cccnc1. The lowest BCUT2D eigenvalue weighted by molar-refractivity contribution is -0.120. The number of fused-ring (bicyclic) bond motifs is 5. The fraction of sp³-hybridized carbons (Fsp3) is 0.167. The molecule has 3 aromatic heterocycles. The zero-order valence-corrected chi connectivity index (χ0v) is 17.8. The van der Waals surface area contributed by atoms with Crippen LogP contribution in [-0.2, 0) is 11.3 Å². The zero-order valence-electron chi connectivity index (χ0n) is 17.0. The monoisotopic (exact) mass is 427 g/mol. The number of carbonyl (C=O) groups is 1. The second-order valence-electron chi connectivity index (χ2n) is 7.26. The highest BCUT2D eigenvalue weighted by Crippen LogP contribution is 2.31. The van der Waals surface area contributed by atoms with Gasteiger partial charge in [-0.25, -0.2) is 9.97 Å². The zero-order chi connectivity index (χ0) is 21.2. The van der Waals surface area contributed by atoms with Crippen molar-refractivity contribution in [3.63, 3.8) is 0 Å². The van der Waals surface area contributed by atoms with Gasteiger partial charge in [-0.2, -0.15) is 0 Å². The molecule has 1 N–H and O–H groups in total. The highest BCUT2D eigenvalue weighted by Gasteiger charge is 2.22. The van der Waals surface area contributed by atoms with Gasteiger partial charge in [-0.1, -0.05) is 49.0 Å². The van der Waals surface area contributed by atoms with E-state index in [1.807, 2.05) is 67.6 Å². The topological polar surface area (TPSA) is 72.2 Å². The fourth-order valence-corrected chi connectivity index (χ4v) is 4.70. The maximum Gasteiger partial charge on any atom is 0.233 e. The van der Waals surface area contributed by atoms with E-state index in [4.69, 9.17) is 9.97 Å². The number of nitrogens with zero attached hydrogens (tertiary/aromatic N) is 4. The Morgan fingerprint density at radius 3 is 2.65 bits per heavy atom. The molecule has 0 aliphatic carbocycles. The van der Waals surface area contributed by atoms with E-state index in [1.54, 1.807) is 12.4 Å². The number of amides is 1. The molecule has 0 spiro atoms. The van der Waals surface area contributed by atoms with Crippen molar-refractivity contribution in [1.29, 1.82) is 0 Å². The molecule has 0 aliphatic rings. The van der Waals surface area contributed by atoms with Gasteiger partial charge in [-0.15, -0.1) is 0 Å². The lowest BCUT2D eigenvalue weighted by Crippen LogP contribution is -2.32. The first-order chi connectivity index (χ1) is 15.2. The molecule has 7 heteroatoms. The molecule has 5 rings (SSSR count). The van der Waals surface area contributed by atoms with Crippen molar-refractivity contribution in [3.05, 3.63) is 78.6 Å². The summed E-state index contributed by atoms with van der Waals surface area (Å²) in [6, 6.07) is 19.8. The molecule has 0 saturated heterocycles. The lowest BCUT2D eigenvalue weighted by atomic mass is 10.2. The molecule has 1 amide bonds. The number of nitrogens with one attached hydrogen (secondary N) is 1. The number of hydrogen-bond donors (Lipinski definition) is 1. The standard InChI is InChI=1S/C24H21N5OS/c1-2-21(23(30)26-15-16-8-7-13-25-14-16)31-24-28-18-10-4-3-9-17(18)22-27-19-11-5-6-12-20(19)29(22)24/h3-14,21H,2,15H2,1H3,(H,26,30)/t21-/m1/s1. The molecule has 3 heterocycles. The van der Waals surface area contributed by atoms with E-state index in [2.05, 4.69) is 14.7 Å². The van der Waals surface area contributed by atoms with E-state index in [-0.39, 0.29) is 11.2 Å². The molecule has 2 aromatic carbocycles. The second-order valence-corrected chi connectivity index (χ2v) is 8.43. The number of rotatable bonds is 6. The van der Waals surface area contributed by atoms with Crippen LogP contribution in [0.5, 0.6) is 0 Å². The van der Waals surface area contributed by atoms with Gasteiger partial charge in [0.1, 0.15) is 5.65 Å². The largest absolute Gasteiger partial charge is 0.351 e. The van der Waals surface area contributed by atoms with Crippen molar-refractivity contribution in [2.24, 2.45) is 0 Å². The minimum atomic E-state index is -0.269.